The summed E-state index contributed by atoms with van der Waals surface area (Å²) in [5.74, 6) is -2.19. The second-order valence-electron chi connectivity index (χ2n) is 6.21. The number of carbonyl (C=O) groups is 2. The number of halogens is 4. The van der Waals surface area contributed by atoms with Crippen molar-refractivity contribution in [2.24, 2.45) is 0 Å². The van der Waals surface area contributed by atoms with Gasteiger partial charge in [0.25, 0.3) is 5.91 Å². The van der Waals surface area contributed by atoms with E-state index in [1.807, 2.05) is 0 Å². The van der Waals surface area contributed by atoms with Crippen molar-refractivity contribution in [2.75, 3.05) is 18.9 Å². The van der Waals surface area contributed by atoms with Crippen LogP contribution in [0, 0.1) is 12.7 Å². The van der Waals surface area contributed by atoms with Gasteiger partial charge in [0, 0.05) is 13.1 Å². The summed E-state index contributed by atoms with van der Waals surface area (Å²) in [6, 6.07) is 5.65. The molecule has 13 heteroatoms. The largest absolute Gasteiger partial charge is 0.435 e. The maximum Gasteiger partial charge on any atom is 0.435 e. The fraction of sp³-hybridized carbons (Fsp3) is 0.235. The highest BCUT2D eigenvalue weighted by Crippen LogP contribution is 2.33. The number of benzene rings is 1. The highest BCUT2D eigenvalue weighted by Gasteiger charge is 2.42. The standard InChI is InChI=1S/C17H14F4N6O3/c1-9-6-12(24-30-9)22-13(28)8-26(2)16(29)14-15(17(19,20)21)27(25-23-14)11-5-3-4-10(18)7-11/h3-7H,8H2,1-2H3,(H,22,24,28). The van der Waals surface area contributed by atoms with E-state index in [9.17, 15) is 27.2 Å². The zero-order valence-electron chi connectivity index (χ0n) is 15.6. The summed E-state index contributed by atoms with van der Waals surface area (Å²) in [7, 11) is 1.12. The van der Waals surface area contributed by atoms with Crippen LogP contribution in [0.15, 0.2) is 34.9 Å². The lowest BCUT2D eigenvalue weighted by Crippen LogP contribution is -2.36. The Labute approximate surface area is 166 Å². The highest BCUT2D eigenvalue weighted by atomic mass is 19.4. The monoisotopic (exact) mass is 426 g/mol. The lowest BCUT2D eigenvalue weighted by molar-refractivity contribution is -0.143. The number of carbonyl (C=O) groups excluding carboxylic acids is 2. The first-order chi connectivity index (χ1) is 14.1. The van der Waals surface area contributed by atoms with Gasteiger partial charge in [0.05, 0.1) is 12.2 Å². The van der Waals surface area contributed by atoms with Crippen LogP contribution in [0.3, 0.4) is 0 Å². The Kier molecular flexibility index (Phi) is 5.54. The van der Waals surface area contributed by atoms with Gasteiger partial charge in [0.1, 0.15) is 11.6 Å². The maximum absolute atomic E-state index is 13.6. The number of aryl methyl sites for hydroxylation is 1. The molecule has 0 spiro atoms. The molecule has 2 heterocycles. The molecule has 0 radical (unpaired) electrons. The van der Waals surface area contributed by atoms with E-state index in [-0.39, 0.29) is 11.5 Å². The van der Waals surface area contributed by atoms with Crippen LogP contribution in [-0.4, -0.2) is 50.5 Å². The molecule has 9 nitrogen and oxygen atoms in total. The van der Waals surface area contributed by atoms with E-state index in [1.165, 1.54) is 18.2 Å². The van der Waals surface area contributed by atoms with Crippen LogP contribution in [0.1, 0.15) is 21.9 Å². The van der Waals surface area contributed by atoms with Gasteiger partial charge in [-0.1, -0.05) is 16.4 Å². The number of nitrogens with one attached hydrogen (secondary N) is 1. The number of rotatable bonds is 5. The van der Waals surface area contributed by atoms with Crippen LogP contribution in [0.25, 0.3) is 5.69 Å². The van der Waals surface area contributed by atoms with Gasteiger partial charge in [-0.3, -0.25) is 9.59 Å². The molecule has 0 saturated heterocycles. The van der Waals surface area contributed by atoms with E-state index in [4.69, 9.17) is 4.52 Å². The van der Waals surface area contributed by atoms with E-state index >= 15 is 0 Å². The van der Waals surface area contributed by atoms with E-state index in [2.05, 4.69) is 20.8 Å². The summed E-state index contributed by atoms with van der Waals surface area (Å²) in [6.45, 7) is 1.01. The molecule has 0 atom stereocenters. The predicted octanol–water partition coefficient (Wildman–Crippen LogP) is 2.43. The number of hydrogen-bond donors (Lipinski definition) is 1. The molecule has 0 unspecified atom stereocenters. The minimum absolute atomic E-state index is 0.0892. The molecule has 0 saturated carbocycles. The number of likely N-dealkylation sites (N-methyl/N-ethyl adjacent to an activating group) is 1. The molecule has 0 bridgehead atoms. The van der Waals surface area contributed by atoms with E-state index in [0.29, 0.717) is 10.4 Å². The smallest absolute Gasteiger partial charge is 0.360 e. The minimum atomic E-state index is -5.03. The van der Waals surface area contributed by atoms with Crippen molar-refractivity contribution >= 4 is 17.6 Å². The Morgan fingerprint density at radius 1 is 1.27 bits per heavy atom. The quantitative estimate of drug-likeness (QED) is 0.629. The third-order valence-corrected chi connectivity index (χ3v) is 3.82. The van der Waals surface area contributed by atoms with Crippen molar-refractivity contribution in [1.29, 1.82) is 0 Å². The molecule has 0 aliphatic heterocycles. The molecule has 158 valence electrons. The van der Waals surface area contributed by atoms with Crippen molar-refractivity contribution in [1.82, 2.24) is 25.1 Å². The van der Waals surface area contributed by atoms with Crippen molar-refractivity contribution in [3.05, 3.63) is 53.3 Å². The van der Waals surface area contributed by atoms with E-state index in [1.54, 1.807) is 6.92 Å². The van der Waals surface area contributed by atoms with Crippen LogP contribution in [0.4, 0.5) is 23.4 Å². The molecule has 0 aliphatic rings. The maximum atomic E-state index is 13.6. The van der Waals surface area contributed by atoms with Crippen LogP contribution in [0.5, 0.6) is 0 Å². The van der Waals surface area contributed by atoms with Crippen molar-refractivity contribution in [3.8, 4) is 5.69 Å². The van der Waals surface area contributed by atoms with Crippen molar-refractivity contribution < 1.29 is 31.7 Å². The topological polar surface area (TPSA) is 106 Å². The van der Waals surface area contributed by atoms with E-state index < -0.39 is 41.7 Å². The lowest BCUT2D eigenvalue weighted by Gasteiger charge is -2.16. The van der Waals surface area contributed by atoms with Gasteiger partial charge in [-0.05, 0) is 25.1 Å². The van der Waals surface area contributed by atoms with Gasteiger partial charge in [0.2, 0.25) is 5.91 Å². The summed E-state index contributed by atoms with van der Waals surface area (Å²) < 4.78 is 59.4. The Bertz CT molecular complexity index is 1090. The average molecular weight is 426 g/mol. The summed E-state index contributed by atoms with van der Waals surface area (Å²) >= 11 is 0. The van der Waals surface area contributed by atoms with Gasteiger partial charge >= 0.3 is 6.18 Å². The fourth-order valence-electron chi connectivity index (χ4n) is 2.54. The summed E-state index contributed by atoms with van der Waals surface area (Å²) in [4.78, 5) is 25.3. The molecular weight excluding hydrogens is 412 g/mol. The number of aromatic nitrogens is 4. The summed E-state index contributed by atoms with van der Waals surface area (Å²) in [5.41, 5.74) is -2.78. The van der Waals surface area contributed by atoms with Gasteiger partial charge in [-0.2, -0.15) is 13.2 Å². The lowest BCUT2D eigenvalue weighted by atomic mass is 10.2. The molecule has 0 fully saturated rings. The number of hydrogen-bond acceptors (Lipinski definition) is 6. The molecule has 1 aromatic carbocycles. The molecule has 0 aliphatic carbocycles. The van der Waals surface area contributed by atoms with Crippen LogP contribution < -0.4 is 5.32 Å². The van der Waals surface area contributed by atoms with Crippen molar-refractivity contribution in [2.45, 2.75) is 13.1 Å². The molecule has 1 N–H and O–H groups in total. The third-order valence-electron chi connectivity index (χ3n) is 3.82. The first-order valence-electron chi connectivity index (χ1n) is 8.33. The highest BCUT2D eigenvalue weighted by molar-refractivity contribution is 5.98. The van der Waals surface area contributed by atoms with Crippen LogP contribution in [-0.2, 0) is 11.0 Å². The third kappa shape index (κ3) is 4.45. The van der Waals surface area contributed by atoms with Crippen LogP contribution in [0.2, 0.25) is 0 Å². The second-order valence-corrected chi connectivity index (χ2v) is 6.21. The molecule has 3 rings (SSSR count). The first kappa shape index (κ1) is 21.0. The Balaban J connectivity index is 1.85. The second kappa shape index (κ2) is 7.93. The molecule has 2 amide bonds. The SMILES string of the molecule is Cc1cc(NC(=O)CN(C)C(=O)c2nnn(-c3cccc(F)c3)c2C(F)(F)F)no1. The van der Waals surface area contributed by atoms with Gasteiger partial charge in [0.15, 0.2) is 17.2 Å². The summed E-state index contributed by atoms with van der Waals surface area (Å²) in [5, 5.41) is 12.6. The molecule has 2 aromatic heterocycles. The Morgan fingerprint density at radius 3 is 2.60 bits per heavy atom. The molecule has 3 aromatic rings. The Hall–Kier alpha value is -3.77. The molecular formula is C17H14F4N6O3. The number of amides is 2. The number of anilines is 1. The van der Waals surface area contributed by atoms with E-state index in [0.717, 1.165) is 24.1 Å². The number of alkyl halides is 3. The molecule has 30 heavy (non-hydrogen) atoms. The van der Waals surface area contributed by atoms with Crippen LogP contribution >= 0.6 is 0 Å². The zero-order valence-corrected chi connectivity index (χ0v) is 15.6. The van der Waals surface area contributed by atoms with Gasteiger partial charge < -0.3 is 14.7 Å². The van der Waals surface area contributed by atoms with Gasteiger partial charge in [-0.25, -0.2) is 9.07 Å². The number of nitrogens with zero attached hydrogens (tertiary/aromatic N) is 5. The zero-order chi connectivity index (χ0) is 22.1. The minimum Gasteiger partial charge on any atom is -0.360 e. The average Bonchev–Trinajstić information content (AvgIpc) is 3.27. The normalized spacial score (nSPS) is 11.4. The van der Waals surface area contributed by atoms with Gasteiger partial charge in [-0.15, -0.1) is 5.10 Å². The first-order valence-corrected chi connectivity index (χ1v) is 8.33. The summed E-state index contributed by atoms with van der Waals surface area (Å²) in [6.07, 6.45) is -5.03. The fourth-order valence-corrected chi connectivity index (χ4v) is 2.54. The van der Waals surface area contributed by atoms with Crippen molar-refractivity contribution in [3.63, 3.8) is 0 Å². The predicted molar refractivity (Wildman–Crippen MR) is 93.1 cm³/mol. The Morgan fingerprint density at radius 2 is 2.00 bits per heavy atom.